The van der Waals surface area contributed by atoms with Gasteiger partial charge in [-0.1, -0.05) is 0 Å². The minimum atomic E-state index is -0.210. The predicted octanol–water partition coefficient (Wildman–Crippen LogP) is 2.97. The lowest BCUT2D eigenvalue weighted by atomic mass is 9.88. The first kappa shape index (κ1) is 10.6. The molecule has 0 radical (unpaired) electrons. The lowest BCUT2D eigenvalue weighted by molar-refractivity contribution is 0.0449. The Morgan fingerprint density at radius 2 is 2.06 bits per heavy atom. The molecule has 3 rings (SSSR count). The highest BCUT2D eigenvalue weighted by Crippen LogP contribution is 2.43. The van der Waals surface area contributed by atoms with E-state index in [1.54, 1.807) is 13.2 Å². The number of carbonyl (C=O) groups is 1. The van der Waals surface area contributed by atoms with Crippen LogP contribution in [0, 0.1) is 0 Å². The lowest BCUT2D eigenvalue weighted by Crippen LogP contribution is -2.39. The summed E-state index contributed by atoms with van der Waals surface area (Å²) in [6.45, 7) is 0. The molecule has 17 heavy (non-hydrogen) atoms. The third-order valence-corrected chi connectivity index (χ3v) is 3.81. The van der Waals surface area contributed by atoms with Crippen LogP contribution >= 0.6 is 0 Å². The van der Waals surface area contributed by atoms with Gasteiger partial charge in [-0.25, -0.2) is 0 Å². The van der Waals surface area contributed by atoms with Crippen LogP contribution < -0.4 is 9.47 Å². The molecule has 1 heterocycles. The van der Waals surface area contributed by atoms with E-state index in [1.165, 1.54) is 12.8 Å². The van der Waals surface area contributed by atoms with Gasteiger partial charge in [0.15, 0.2) is 5.78 Å². The van der Waals surface area contributed by atoms with Crippen LogP contribution in [0.2, 0.25) is 0 Å². The van der Waals surface area contributed by atoms with Gasteiger partial charge in [0.2, 0.25) is 0 Å². The van der Waals surface area contributed by atoms with Crippen LogP contribution in [0.3, 0.4) is 0 Å². The van der Waals surface area contributed by atoms with Crippen LogP contribution in [0.15, 0.2) is 18.2 Å². The summed E-state index contributed by atoms with van der Waals surface area (Å²) < 4.78 is 11.2. The zero-order valence-electron chi connectivity index (χ0n) is 9.99. The molecule has 0 atom stereocenters. The maximum absolute atomic E-state index is 12.2. The lowest BCUT2D eigenvalue weighted by Gasteiger charge is -2.34. The average molecular weight is 232 g/mol. The van der Waals surface area contributed by atoms with Crippen LogP contribution in [0.1, 0.15) is 42.5 Å². The van der Waals surface area contributed by atoms with Crippen LogP contribution in [-0.2, 0) is 0 Å². The second-order valence-corrected chi connectivity index (χ2v) is 4.95. The molecule has 0 N–H and O–H groups in total. The zero-order valence-corrected chi connectivity index (χ0v) is 9.99. The van der Waals surface area contributed by atoms with Crippen molar-refractivity contribution < 1.29 is 14.3 Å². The maximum Gasteiger partial charge on any atom is 0.170 e. The number of methoxy groups -OCH3 is 1. The van der Waals surface area contributed by atoms with Crippen molar-refractivity contribution in [1.82, 2.24) is 0 Å². The first-order chi connectivity index (χ1) is 8.22. The van der Waals surface area contributed by atoms with Crippen molar-refractivity contribution in [3.05, 3.63) is 23.8 Å². The molecule has 1 fully saturated rings. The highest BCUT2D eigenvalue weighted by Gasteiger charge is 2.42. The second kappa shape index (κ2) is 3.76. The van der Waals surface area contributed by atoms with E-state index >= 15 is 0 Å². The molecule has 0 aromatic heterocycles. The predicted molar refractivity (Wildman–Crippen MR) is 63.8 cm³/mol. The fourth-order valence-corrected chi connectivity index (χ4v) is 2.90. The zero-order chi connectivity index (χ0) is 11.9. The molecule has 0 bridgehead atoms. The Morgan fingerprint density at radius 3 is 2.76 bits per heavy atom. The smallest absolute Gasteiger partial charge is 0.170 e. The molecule has 1 aliphatic heterocycles. The Hall–Kier alpha value is -1.51. The van der Waals surface area contributed by atoms with Gasteiger partial charge in [-0.3, -0.25) is 4.79 Å². The first-order valence-electron chi connectivity index (χ1n) is 6.13. The molecular formula is C14H16O3. The molecule has 3 nitrogen and oxygen atoms in total. The van der Waals surface area contributed by atoms with Crippen molar-refractivity contribution in [1.29, 1.82) is 0 Å². The van der Waals surface area contributed by atoms with Gasteiger partial charge in [-0.05, 0) is 43.9 Å². The Kier molecular flexibility index (Phi) is 2.35. The fourth-order valence-electron chi connectivity index (χ4n) is 2.90. The van der Waals surface area contributed by atoms with Crippen LogP contribution in [-0.4, -0.2) is 18.5 Å². The summed E-state index contributed by atoms with van der Waals surface area (Å²) in [7, 11) is 1.61. The summed E-state index contributed by atoms with van der Waals surface area (Å²) in [5, 5.41) is 0. The van der Waals surface area contributed by atoms with E-state index in [0.29, 0.717) is 17.7 Å². The SMILES string of the molecule is COc1ccc2c(c1)C(=O)CC1(CCCC1)O2. The Labute approximate surface area is 101 Å². The van der Waals surface area contributed by atoms with E-state index < -0.39 is 0 Å². The highest BCUT2D eigenvalue weighted by atomic mass is 16.5. The third-order valence-electron chi connectivity index (χ3n) is 3.81. The molecule has 1 aromatic carbocycles. The van der Waals surface area contributed by atoms with Gasteiger partial charge in [0, 0.05) is 0 Å². The van der Waals surface area contributed by atoms with Crippen molar-refractivity contribution in [2.45, 2.75) is 37.7 Å². The fraction of sp³-hybridized carbons (Fsp3) is 0.500. The van der Waals surface area contributed by atoms with Crippen molar-refractivity contribution >= 4 is 5.78 Å². The molecule has 90 valence electrons. The van der Waals surface area contributed by atoms with E-state index in [-0.39, 0.29) is 11.4 Å². The van der Waals surface area contributed by atoms with E-state index in [0.717, 1.165) is 18.6 Å². The van der Waals surface area contributed by atoms with E-state index in [1.807, 2.05) is 12.1 Å². The quantitative estimate of drug-likeness (QED) is 0.746. The Bertz CT molecular complexity index is 459. The molecule has 2 aliphatic rings. The molecule has 1 saturated carbocycles. The normalized spacial score (nSPS) is 21.1. The minimum Gasteiger partial charge on any atom is -0.497 e. The molecule has 1 aliphatic carbocycles. The highest BCUT2D eigenvalue weighted by molar-refractivity contribution is 6.00. The molecule has 1 spiro atoms. The summed E-state index contributed by atoms with van der Waals surface area (Å²) >= 11 is 0. The number of Topliss-reactive ketones (excluding diaryl/α,β-unsaturated/α-hetero) is 1. The van der Waals surface area contributed by atoms with Crippen molar-refractivity contribution in [3.63, 3.8) is 0 Å². The number of hydrogen-bond acceptors (Lipinski definition) is 3. The largest absolute Gasteiger partial charge is 0.497 e. The van der Waals surface area contributed by atoms with Gasteiger partial charge >= 0.3 is 0 Å². The number of rotatable bonds is 1. The summed E-state index contributed by atoms with van der Waals surface area (Å²) in [6.07, 6.45) is 4.86. The van der Waals surface area contributed by atoms with Gasteiger partial charge < -0.3 is 9.47 Å². The third kappa shape index (κ3) is 1.70. The Balaban J connectivity index is 1.99. The van der Waals surface area contributed by atoms with E-state index in [2.05, 4.69) is 0 Å². The number of carbonyl (C=O) groups excluding carboxylic acids is 1. The number of hydrogen-bond donors (Lipinski definition) is 0. The van der Waals surface area contributed by atoms with Gasteiger partial charge in [-0.15, -0.1) is 0 Å². The van der Waals surface area contributed by atoms with E-state index in [9.17, 15) is 4.79 Å². The summed E-state index contributed by atoms with van der Waals surface area (Å²) in [5.74, 6) is 1.62. The molecular weight excluding hydrogens is 216 g/mol. The van der Waals surface area contributed by atoms with Gasteiger partial charge in [0.05, 0.1) is 19.1 Å². The standard InChI is InChI=1S/C14H16O3/c1-16-10-4-5-13-11(8-10)12(15)9-14(17-13)6-2-3-7-14/h4-5,8H,2-3,6-7,9H2,1H3. The molecule has 0 saturated heterocycles. The number of ketones is 1. The van der Waals surface area contributed by atoms with Crippen LogP contribution in [0.25, 0.3) is 0 Å². The average Bonchev–Trinajstić information content (AvgIpc) is 2.77. The number of ether oxygens (including phenoxy) is 2. The summed E-state index contributed by atoms with van der Waals surface area (Å²) in [5.41, 5.74) is 0.459. The minimum absolute atomic E-state index is 0.187. The van der Waals surface area contributed by atoms with Gasteiger partial charge in [0.1, 0.15) is 17.1 Å². The van der Waals surface area contributed by atoms with Crippen molar-refractivity contribution in [3.8, 4) is 11.5 Å². The number of fused-ring (bicyclic) bond motifs is 1. The molecule has 0 amide bonds. The van der Waals surface area contributed by atoms with Gasteiger partial charge in [-0.2, -0.15) is 0 Å². The first-order valence-corrected chi connectivity index (χ1v) is 6.13. The summed E-state index contributed by atoms with van der Waals surface area (Å²) in [4.78, 5) is 12.2. The molecule has 1 aromatic rings. The molecule has 0 unspecified atom stereocenters. The van der Waals surface area contributed by atoms with Crippen LogP contribution in [0.4, 0.5) is 0 Å². The monoisotopic (exact) mass is 232 g/mol. The number of benzene rings is 1. The maximum atomic E-state index is 12.2. The summed E-state index contributed by atoms with van der Waals surface area (Å²) in [6, 6.07) is 5.48. The second-order valence-electron chi connectivity index (χ2n) is 4.95. The van der Waals surface area contributed by atoms with Crippen molar-refractivity contribution in [2.24, 2.45) is 0 Å². The Morgan fingerprint density at radius 1 is 1.29 bits per heavy atom. The topological polar surface area (TPSA) is 35.5 Å². The van der Waals surface area contributed by atoms with E-state index in [4.69, 9.17) is 9.47 Å². The van der Waals surface area contributed by atoms with Gasteiger partial charge in [0.25, 0.3) is 0 Å². The van der Waals surface area contributed by atoms with Crippen LogP contribution in [0.5, 0.6) is 11.5 Å². The van der Waals surface area contributed by atoms with Crippen molar-refractivity contribution in [2.75, 3.05) is 7.11 Å². The molecule has 3 heteroatoms.